The molecule has 0 radical (unpaired) electrons. The quantitative estimate of drug-likeness (QED) is 0.716. The topological polar surface area (TPSA) is 64.7 Å². The van der Waals surface area contributed by atoms with E-state index in [1.54, 1.807) is 0 Å². The minimum atomic E-state index is -0.456. The number of hydrogen-bond donors (Lipinski definition) is 1. The predicted octanol–water partition coefficient (Wildman–Crippen LogP) is 2.47. The summed E-state index contributed by atoms with van der Waals surface area (Å²) in [5.41, 5.74) is 6.11. The molecule has 0 spiro atoms. The first-order valence-corrected chi connectivity index (χ1v) is 5.74. The molecule has 0 aliphatic heterocycles. The van der Waals surface area contributed by atoms with E-state index in [2.05, 4.69) is 15.0 Å². The van der Waals surface area contributed by atoms with Crippen molar-refractivity contribution in [2.75, 3.05) is 5.73 Å². The number of hydrogen-bond acceptors (Lipinski definition) is 5. The molecule has 0 unspecified atom stereocenters. The third-order valence-electron chi connectivity index (χ3n) is 2.37. The molecule has 0 aromatic carbocycles. The smallest absolute Gasteiger partial charge is 0.166 e. The maximum atomic E-state index is 13.6. The molecule has 84 valence electrons. The number of nitrogen functional groups attached to an aromatic ring is 1. The van der Waals surface area contributed by atoms with Crippen molar-refractivity contribution in [3.8, 4) is 11.4 Å². The third kappa shape index (κ3) is 1.62. The Morgan fingerprint density at radius 2 is 2.12 bits per heavy atom. The van der Waals surface area contributed by atoms with E-state index in [4.69, 9.17) is 5.73 Å². The Morgan fingerprint density at radius 1 is 1.24 bits per heavy atom. The fraction of sp³-hybridized carbons (Fsp3) is 0. The Hall–Kier alpha value is -2.08. The minimum absolute atomic E-state index is 0.289. The Labute approximate surface area is 100.0 Å². The van der Waals surface area contributed by atoms with E-state index in [-0.39, 0.29) is 5.82 Å². The number of nitrogens with two attached hydrogens (primary N) is 1. The molecular weight excluding hydrogens is 239 g/mol. The number of thiophene rings is 1. The van der Waals surface area contributed by atoms with Crippen molar-refractivity contribution in [2.45, 2.75) is 0 Å². The summed E-state index contributed by atoms with van der Waals surface area (Å²) in [5, 5.41) is 2.68. The summed E-state index contributed by atoms with van der Waals surface area (Å²) in [6.45, 7) is 0. The molecule has 3 aromatic heterocycles. The fourth-order valence-electron chi connectivity index (χ4n) is 1.56. The highest BCUT2D eigenvalue weighted by molar-refractivity contribution is 7.16. The Bertz CT molecular complexity index is 695. The molecule has 0 aliphatic rings. The number of pyridine rings is 1. The highest BCUT2D eigenvalue weighted by atomic mass is 32.1. The zero-order valence-corrected chi connectivity index (χ0v) is 9.41. The summed E-state index contributed by atoms with van der Waals surface area (Å²) in [5.74, 6) is 0.197. The van der Waals surface area contributed by atoms with Crippen LogP contribution in [0.5, 0.6) is 0 Å². The average molecular weight is 246 g/mol. The van der Waals surface area contributed by atoms with Gasteiger partial charge in [0.1, 0.15) is 10.6 Å². The van der Waals surface area contributed by atoms with Gasteiger partial charge >= 0.3 is 0 Å². The summed E-state index contributed by atoms with van der Waals surface area (Å²) < 4.78 is 13.6. The summed E-state index contributed by atoms with van der Waals surface area (Å²) in [4.78, 5) is 12.8. The second kappa shape index (κ2) is 3.74. The van der Waals surface area contributed by atoms with E-state index in [1.807, 2.05) is 11.4 Å². The summed E-state index contributed by atoms with van der Waals surface area (Å²) in [6.07, 6.45) is 2.63. The van der Waals surface area contributed by atoms with Gasteiger partial charge in [-0.05, 0) is 17.5 Å². The van der Waals surface area contributed by atoms with Crippen LogP contribution < -0.4 is 5.73 Å². The maximum Gasteiger partial charge on any atom is 0.166 e. The Balaban J connectivity index is 2.28. The molecule has 0 saturated carbocycles. The van der Waals surface area contributed by atoms with Gasteiger partial charge in [0.25, 0.3) is 0 Å². The summed E-state index contributed by atoms with van der Waals surface area (Å²) >= 11 is 1.45. The van der Waals surface area contributed by atoms with Gasteiger partial charge in [-0.25, -0.2) is 14.4 Å². The van der Waals surface area contributed by atoms with Gasteiger partial charge in [-0.2, -0.15) is 0 Å². The molecule has 3 rings (SSSR count). The first kappa shape index (κ1) is 10.1. The SMILES string of the molecule is Nc1nc(-c2ccncc2F)nc2sccc12. The van der Waals surface area contributed by atoms with Gasteiger partial charge in [-0.1, -0.05) is 0 Å². The van der Waals surface area contributed by atoms with Crippen LogP contribution in [0.1, 0.15) is 0 Å². The van der Waals surface area contributed by atoms with Crippen LogP contribution in [0.3, 0.4) is 0 Å². The normalized spacial score (nSPS) is 10.9. The van der Waals surface area contributed by atoms with E-state index < -0.39 is 5.82 Å². The molecule has 0 fully saturated rings. The number of fused-ring (bicyclic) bond motifs is 1. The van der Waals surface area contributed by atoms with Crippen LogP contribution >= 0.6 is 11.3 Å². The molecule has 3 aromatic rings. The lowest BCUT2D eigenvalue weighted by atomic mass is 10.2. The van der Waals surface area contributed by atoms with Gasteiger partial charge in [0, 0.05) is 6.20 Å². The van der Waals surface area contributed by atoms with Gasteiger partial charge in [-0.3, -0.25) is 4.98 Å². The van der Waals surface area contributed by atoms with Gasteiger partial charge in [0.2, 0.25) is 0 Å². The molecule has 4 nitrogen and oxygen atoms in total. The van der Waals surface area contributed by atoms with Gasteiger partial charge in [0.05, 0.1) is 17.1 Å². The van der Waals surface area contributed by atoms with Crippen molar-refractivity contribution in [3.63, 3.8) is 0 Å². The van der Waals surface area contributed by atoms with Gasteiger partial charge < -0.3 is 5.73 Å². The lowest BCUT2D eigenvalue weighted by Crippen LogP contribution is -1.97. The molecular formula is C11H7FN4S. The monoisotopic (exact) mass is 246 g/mol. The zero-order chi connectivity index (χ0) is 11.8. The fourth-order valence-corrected chi connectivity index (χ4v) is 2.33. The molecule has 0 saturated heterocycles. The number of halogens is 1. The number of anilines is 1. The van der Waals surface area contributed by atoms with Crippen LogP contribution in [-0.2, 0) is 0 Å². The van der Waals surface area contributed by atoms with Crippen LogP contribution in [0, 0.1) is 5.82 Å². The maximum absolute atomic E-state index is 13.6. The first-order valence-electron chi connectivity index (χ1n) is 4.86. The van der Waals surface area contributed by atoms with Crippen LogP contribution in [0.25, 0.3) is 21.6 Å². The predicted molar refractivity (Wildman–Crippen MR) is 65.0 cm³/mol. The molecule has 0 atom stereocenters. The molecule has 6 heteroatoms. The summed E-state index contributed by atoms with van der Waals surface area (Å²) in [7, 11) is 0. The summed E-state index contributed by atoms with van der Waals surface area (Å²) in [6, 6.07) is 3.38. The standard InChI is InChI=1S/C11H7FN4S/c12-8-5-14-3-1-6(8)10-15-9(13)7-2-4-17-11(7)16-10/h1-5H,(H2,13,15,16). The third-order valence-corrected chi connectivity index (χ3v) is 3.17. The second-order valence-corrected chi connectivity index (χ2v) is 4.32. The van der Waals surface area contributed by atoms with E-state index in [1.165, 1.54) is 23.6 Å². The Morgan fingerprint density at radius 3 is 2.94 bits per heavy atom. The van der Waals surface area contributed by atoms with Crippen LogP contribution in [-0.4, -0.2) is 15.0 Å². The minimum Gasteiger partial charge on any atom is -0.383 e. The average Bonchev–Trinajstić information content (AvgIpc) is 2.78. The molecule has 0 aliphatic carbocycles. The van der Waals surface area contributed by atoms with Crippen molar-refractivity contribution < 1.29 is 4.39 Å². The van der Waals surface area contributed by atoms with Crippen molar-refractivity contribution in [1.29, 1.82) is 0 Å². The zero-order valence-electron chi connectivity index (χ0n) is 8.59. The van der Waals surface area contributed by atoms with Gasteiger partial charge in [0.15, 0.2) is 11.6 Å². The van der Waals surface area contributed by atoms with E-state index in [0.29, 0.717) is 11.4 Å². The van der Waals surface area contributed by atoms with Crippen molar-refractivity contribution in [2.24, 2.45) is 0 Å². The lowest BCUT2D eigenvalue weighted by Gasteiger charge is -2.03. The Kier molecular flexibility index (Phi) is 2.22. The largest absolute Gasteiger partial charge is 0.383 e. The van der Waals surface area contributed by atoms with E-state index in [9.17, 15) is 4.39 Å². The van der Waals surface area contributed by atoms with Crippen molar-refractivity contribution in [1.82, 2.24) is 15.0 Å². The van der Waals surface area contributed by atoms with Crippen LogP contribution in [0.2, 0.25) is 0 Å². The number of rotatable bonds is 1. The molecule has 0 bridgehead atoms. The molecule has 0 amide bonds. The van der Waals surface area contributed by atoms with Crippen LogP contribution in [0.15, 0.2) is 29.9 Å². The van der Waals surface area contributed by atoms with Crippen molar-refractivity contribution >= 4 is 27.4 Å². The molecule has 17 heavy (non-hydrogen) atoms. The second-order valence-electron chi connectivity index (χ2n) is 3.43. The van der Waals surface area contributed by atoms with E-state index in [0.717, 1.165) is 16.4 Å². The highest BCUT2D eigenvalue weighted by Crippen LogP contribution is 2.27. The number of nitrogens with zero attached hydrogens (tertiary/aromatic N) is 3. The molecule has 3 heterocycles. The molecule has 2 N–H and O–H groups in total. The van der Waals surface area contributed by atoms with Gasteiger partial charge in [-0.15, -0.1) is 11.3 Å². The lowest BCUT2D eigenvalue weighted by molar-refractivity contribution is 0.624. The highest BCUT2D eigenvalue weighted by Gasteiger charge is 2.11. The van der Waals surface area contributed by atoms with Crippen LogP contribution in [0.4, 0.5) is 10.2 Å². The number of aromatic nitrogens is 3. The van der Waals surface area contributed by atoms with Crippen molar-refractivity contribution in [3.05, 3.63) is 35.7 Å². The first-order chi connectivity index (χ1) is 8.25. The van der Waals surface area contributed by atoms with E-state index >= 15 is 0 Å².